The van der Waals surface area contributed by atoms with Gasteiger partial charge in [0.2, 0.25) is 0 Å². The smallest absolute Gasteiger partial charge is 0.407 e. The van der Waals surface area contributed by atoms with Crippen LogP contribution in [0.5, 0.6) is 0 Å². The van der Waals surface area contributed by atoms with Gasteiger partial charge in [-0.1, -0.05) is 12.1 Å². The maximum Gasteiger partial charge on any atom is 0.407 e. The average molecular weight is 315 g/mol. The van der Waals surface area contributed by atoms with Crippen LogP contribution in [-0.2, 0) is 11.3 Å². The lowest BCUT2D eigenvalue weighted by molar-refractivity contribution is 0.0497. The summed E-state index contributed by atoms with van der Waals surface area (Å²) in [6.45, 7) is 6.95. The Bertz CT molecular complexity index is 583. The number of hydrogen-bond donors (Lipinski definition) is 2. The topological polar surface area (TPSA) is 74.2 Å². The van der Waals surface area contributed by atoms with Crippen LogP contribution in [0.2, 0.25) is 0 Å². The number of benzene rings is 1. The van der Waals surface area contributed by atoms with E-state index in [1.807, 2.05) is 39.0 Å². The van der Waals surface area contributed by atoms with E-state index in [1.165, 1.54) is 0 Å². The number of ether oxygens (including phenoxy) is 1. The van der Waals surface area contributed by atoms with Crippen LogP contribution < -0.4 is 10.6 Å². The van der Waals surface area contributed by atoms with Gasteiger partial charge in [-0.05, 0) is 57.2 Å². The number of carbonyl (C=O) groups is 1. The van der Waals surface area contributed by atoms with Crippen LogP contribution in [0.1, 0.15) is 44.7 Å². The summed E-state index contributed by atoms with van der Waals surface area (Å²) in [7, 11) is 0. The SMILES string of the molecule is CC(C)(C)OC(=O)NC(CNCc1cccc(C#N)c1)C1CC1. The first-order chi connectivity index (χ1) is 10.9. The van der Waals surface area contributed by atoms with Crippen molar-refractivity contribution in [2.75, 3.05) is 6.54 Å². The van der Waals surface area contributed by atoms with Gasteiger partial charge in [-0.25, -0.2) is 4.79 Å². The highest BCUT2D eigenvalue weighted by Crippen LogP contribution is 2.32. The molecule has 5 heteroatoms. The van der Waals surface area contributed by atoms with Crippen molar-refractivity contribution in [1.82, 2.24) is 10.6 Å². The molecule has 124 valence electrons. The first-order valence-electron chi connectivity index (χ1n) is 8.06. The molecule has 1 amide bonds. The number of nitrogens with zero attached hydrogens (tertiary/aromatic N) is 1. The largest absolute Gasteiger partial charge is 0.444 e. The monoisotopic (exact) mass is 315 g/mol. The Hall–Kier alpha value is -2.06. The van der Waals surface area contributed by atoms with Gasteiger partial charge in [-0.3, -0.25) is 0 Å². The molecule has 0 spiro atoms. The van der Waals surface area contributed by atoms with E-state index in [1.54, 1.807) is 6.07 Å². The van der Waals surface area contributed by atoms with Crippen LogP contribution in [-0.4, -0.2) is 24.3 Å². The Morgan fingerprint density at radius 1 is 1.43 bits per heavy atom. The van der Waals surface area contributed by atoms with Gasteiger partial charge in [0.15, 0.2) is 0 Å². The normalized spacial score (nSPS) is 15.6. The summed E-state index contributed by atoms with van der Waals surface area (Å²) in [5.41, 5.74) is 1.24. The van der Waals surface area contributed by atoms with E-state index in [-0.39, 0.29) is 12.1 Å². The van der Waals surface area contributed by atoms with E-state index in [0.29, 0.717) is 24.6 Å². The summed E-state index contributed by atoms with van der Waals surface area (Å²) < 4.78 is 5.33. The number of nitriles is 1. The highest BCUT2D eigenvalue weighted by Gasteiger charge is 2.33. The highest BCUT2D eigenvalue weighted by molar-refractivity contribution is 5.68. The minimum Gasteiger partial charge on any atom is -0.444 e. The zero-order valence-electron chi connectivity index (χ0n) is 14.1. The predicted octanol–water partition coefficient (Wildman–Crippen LogP) is 2.95. The van der Waals surface area contributed by atoms with Gasteiger partial charge in [-0.2, -0.15) is 5.26 Å². The predicted molar refractivity (Wildman–Crippen MR) is 88.7 cm³/mol. The third kappa shape index (κ3) is 6.29. The molecule has 0 saturated heterocycles. The fourth-order valence-electron chi connectivity index (χ4n) is 2.42. The number of hydrogen-bond acceptors (Lipinski definition) is 4. The molecule has 1 aliphatic rings. The number of alkyl carbamates (subject to hydrolysis) is 1. The van der Waals surface area contributed by atoms with Crippen LogP contribution in [0.3, 0.4) is 0 Å². The molecule has 5 nitrogen and oxygen atoms in total. The number of carbonyl (C=O) groups excluding carboxylic acids is 1. The van der Waals surface area contributed by atoms with Gasteiger partial charge < -0.3 is 15.4 Å². The van der Waals surface area contributed by atoms with E-state index in [4.69, 9.17) is 10.00 Å². The molecule has 0 heterocycles. The Kier molecular flexibility index (Phi) is 5.62. The van der Waals surface area contributed by atoms with Gasteiger partial charge in [0.25, 0.3) is 0 Å². The lowest BCUT2D eigenvalue weighted by atomic mass is 10.1. The zero-order chi connectivity index (χ0) is 16.9. The van der Waals surface area contributed by atoms with E-state index in [2.05, 4.69) is 16.7 Å². The van der Waals surface area contributed by atoms with Crippen LogP contribution in [0, 0.1) is 17.2 Å². The van der Waals surface area contributed by atoms with Crippen molar-refractivity contribution in [3.05, 3.63) is 35.4 Å². The molecule has 2 rings (SSSR count). The molecule has 1 unspecified atom stereocenters. The van der Waals surface area contributed by atoms with E-state index in [9.17, 15) is 4.79 Å². The third-order valence-corrected chi connectivity index (χ3v) is 3.64. The molecule has 1 saturated carbocycles. The number of amides is 1. The van der Waals surface area contributed by atoms with Crippen molar-refractivity contribution >= 4 is 6.09 Å². The average Bonchev–Trinajstić information content (AvgIpc) is 3.29. The molecular weight excluding hydrogens is 290 g/mol. The second kappa shape index (κ2) is 7.47. The van der Waals surface area contributed by atoms with Crippen LogP contribution in [0.15, 0.2) is 24.3 Å². The molecule has 0 bridgehead atoms. The van der Waals surface area contributed by atoms with Gasteiger partial charge in [0.05, 0.1) is 11.6 Å². The van der Waals surface area contributed by atoms with Gasteiger partial charge >= 0.3 is 6.09 Å². The molecule has 1 aromatic rings. The first kappa shape index (κ1) is 17.3. The van der Waals surface area contributed by atoms with Crippen molar-refractivity contribution in [3.63, 3.8) is 0 Å². The third-order valence-electron chi connectivity index (χ3n) is 3.64. The molecule has 0 radical (unpaired) electrons. The van der Waals surface area contributed by atoms with Gasteiger partial charge in [-0.15, -0.1) is 0 Å². The Morgan fingerprint density at radius 2 is 2.17 bits per heavy atom. The van der Waals surface area contributed by atoms with E-state index < -0.39 is 5.60 Å². The minimum absolute atomic E-state index is 0.0870. The number of nitrogens with one attached hydrogen (secondary N) is 2. The summed E-state index contributed by atoms with van der Waals surface area (Å²) in [5, 5.41) is 15.2. The molecule has 1 aromatic carbocycles. The molecule has 0 aromatic heterocycles. The summed E-state index contributed by atoms with van der Waals surface area (Å²) in [4.78, 5) is 11.9. The van der Waals surface area contributed by atoms with Crippen LogP contribution in [0.4, 0.5) is 4.79 Å². The molecule has 1 aliphatic carbocycles. The molecule has 1 fully saturated rings. The second-order valence-electron chi connectivity index (χ2n) is 7.03. The summed E-state index contributed by atoms with van der Waals surface area (Å²) in [6.07, 6.45) is 1.93. The fraction of sp³-hybridized carbons (Fsp3) is 0.556. The van der Waals surface area contributed by atoms with Crippen molar-refractivity contribution in [2.24, 2.45) is 5.92 Å². The fourth-order valence-corrected chi connectivity index (χ4v) is 2.42. The standard InChI is InChI=1S/C18H25N3O2/c1-18(2,3)23-17(22)21-16(15-7-8-15)12-20-11-14-6-4-5-13(9-14)10-19/h4-6,9,15-16,20H,7-8,11-12H2,1-3H3,(H,21,22). The lowest BCUT2D eigenvalue weighted by Crippen LogP contribution is -2.45. The van der Waals surface area contributed by atoms with Crippen LogP contribution >= 0.6 is 0 Å². The van der Waals surface area contributed by atoms with Gasteiger partial charge in [0, 0.05) is 19.1 Å². The quantitative estimate of drug-likeness (QED) is 0.846. The summed E-state index contributed by atoms with van der Waals surface area (Å²) >= 11 is 0. The first-order valence-corrected chi connectivity index (χ1v) is 8.06. The molecule has 0 aliphatic heterocycles. The minimum atomic E-state index is -0.483. The maximum atomic E-state index is 11.9. The second-order valence-corrected chi connectivity index (χ2v) is 7.03. The van der Waals surface area contributed by atoms with Crippen molar-refractivity contribution in [3.8, 4) is 6.07 Å². The summed E-state index contributed by atoms with van der Waals surface area (Å²) in [6, 6.07) is 9.77. The van der Waals surface area contributed by atoms with Crippen molar-refractivity contribution < 1.29 is 9.53 Å². The highest BCUT2D eigenvalue weighted by atomic mass is 16.6. The lowest BCUT2D eigenvalue weighted by Gasteiger charge is -2.24. The Morgan fingerprint density at radius 3 is 2.78 bits per heavy atom. The summed E-state index contributed by atoms with van der Waals surface area (Å²) in [5.74, 6) is 0.528. The zero-order valence-corrected chi connectivity index (χ0v) is 14.1. The van der Waals surface area contributed by atoms with E-state index >= 15 is 0 Å². The van der Waals surface area contributed by atoms with Crippen molar-refractivity contribution in [2.45, 2.75) is 51.8 Å². The molecule has 23 heavy (non-hydrogen) atoms. The number of rotatable bonds is 6. The Balaban J connectivity index is 1.81. The maximum absolute atomic E-state index is 11.9. The van der Waals surface area contributed by atoms with Crippen molar-refractivity contribution in [1.29, 1.82) is 5.26 Å². The van der Waals surface area contributed by atoms with E-state index in [0.717, 1.165) is 18.4 Å². The molecule has 1 atom stereocenters. The van der Waals surface area contributed by atoms with Crippen LogP contribution in [0.25, 0.3) is 0 Å². The molecule has 2 N–H and O–H groups in total. The van der Waals surface area contributed by atoms with Gasteiger partial charge in [0.1, 0.15) is 5.60 Å². The Labute approximate surface area is 138 Å². The molecular formula is C18H25N3O2.